The predicted molar refractivity (Wildman–Crippen MR) is 94.6 cm³/mol. The van der Waals surface area contributed by atoms with E-state index in [2.05, 4.69) is 27.0 Å². The second kappa shape index (κ2) is 6.47. The van der Waals surface area contributed by atoms with E-state index in [1.807, 2.05) is 11.4 Å². The van der Waals surface area contributed by atoms with Crippen molar-refractivity contribution >= 4 is 33.3 Å². The number of pyridine rings is 1. The van der Waals surface area contributed by atoms with Gasteiger partial charge in [-0.15, -0.1) is 11.3 Å². The van der Waals surface area contributed by atoms with Crippen LogP contribution in [0, 0.1) is 17.8 Å². The monoisotopic (exact) mass is 355 g/mol. The highest BCUT2D eigenvalue weighted by Crippen LogP contribution is 2.28. The summed E-state index contributed by atoms with van der Waals surface area (Å²) in [4.78, 5) is 30.1. The fourth-order valence-electron chi connectivity index (χ4n) is 3.66. The number of nitrogens with zero attached hydrogens (tertiary/aromatic N) is 2. The molecule has 0 spiro atoms. The Morgan fingerprint density at radius 2 is 2.16 bits per heavy atom. The van der Waals surface area contributed by atoms with Gasteiger partial charge < -0.3 is 15.3 Å². The summed E-state index contributed by atoms with van der Waals surface area (Å²) < 4.78 is 0.799. The summed E-state index contributed by atoms with van der Waals surface area (Å²) in [6.45, 7) is 3.12. The van der Waals surface area contributed by atoms with Crippen LogP contribution in [0.4, 0.5) is 0 Å². The number of carboxylic acid groups (broad SMARTS) is 1. The van der Waals surface area contributed by atoms with Crippen LogP contribution in [0.15, 0.2) is 17.5 Å². The highest BCUT2D eigenvalue weighted by atomic mass is 32.1. The minimum Gasteiger partial charge on any atom is -0.472 e. The molecular formula is C18H17N3O3S. The van der Waals surface area contributed by atoms with Crippen LogP contribution in [0.25, 0.3) is 10.1 Å². The van der Waals surface area contributed by atoms with Crippen LogP contribution < -0.4 is 5.32 Å². The van der Waals surface area contributed by atoms with Crippen molar-refractivity contribution in [1.29, 1.82) is 0 Å². The summed E-state index contributed by atoms with van der Waals surface area (Å²) in [5.41, 5.74) is 0.631. The molecule has 0 radical (unpaired) electrons. The van der Waals surface area contributed by atoms with Gasteiger partial charge in [0, 0.05) is 18.5 Å². The zero-order valence-electron chi connectivity index (χ0n) is 13.5. The molecule has 2 aromatic heterocycles. The van der Waals surface area contributed by atoms with E-state index in [0.29, 0.717) is 11.6 Å². The maximum absolute atomic E-state index is 12.7. The quantitative estimate of drug-likeness (QED) is 0.799. The van der Waals surface area contributed by atoms with Crippen molar-refractivity contribution in [1.82, 2.24) is 15.2 Å². The van der Waals surface area contributed by atoms with Crippen molar-refractivity contribution in [2.75, 3.05) is 19.6 Å². The predicted octanol–water partition coefficient (Wildman–Crippen LogP) is 1.56. The van der Waals surface area contributed by atoms with E-state index in [1.54, 1.807) is 6.07 Å². The van der Waals surface area contributed by atoms with Crippen molar-refractivity contribution in [3.63, 3.8) is 0 Å². The van der Waals surface area contributed by atoms with Gasteiger partial charge in [0.2, 0.25) is 0 Å². The van der Waals surface area contributed by atoms with E-state index in [1.165, 1.54) is 11.3 Å². The van der Waals surface area contributed by atoms with Crippen molar-refractivity contribution in [3.8, 4) is 11.8 Å². The van der Waals surface area contributed by atoms with Gasteiger partial charge in [-0.25, -0.2) is 9.78 Å². The highest BCUT2D eigenvalue weighted by molar-refractivity contribution is 7.17. The topological polar surface area (TPSA) is 82.5 Å². The number of hydrogen-bond acceptors (Lipinski definition) is 5. The first-order chi connectivity index (χ1) is 12.1. The molecule has 2 aromatic rings. The van der Waals surface area contributed by atoms with E-state index in [-0.39, 0.29) is 17.6 Å². The smallest absolute Gasteiger partial charge is 0.382 e. The molecule has 0 unspecified atom stereocenters. The maximum atomic E-state index is 12.7. The van der Waals surface area contributed by atoms with Gasteiger partial charge in [-0.05, 0) is 60.7 Å². The van der Waals surface area contributed by atoms with Gasteiger partial charge in [-0.2, -0.15) is 0 Å². The number of hydrogen-bond donors (Lipinski definition) is 2. The molecule has 0 aromatic carbocycles. The molecule has 2 bridgehead atoms. The van der Waals surface area contributed by atoms with Gasteiger partial charge in [-0.3, -0.25) is 4.79 Å². The summed E-state index contributed by atoms with van der Waals surface area (Å²) in [6.07, 6.45) is 2.24. The fourth-order valence-corrected chi connectivity index (χ4v) is 4.48. The number of amides is 1. The Morgan fingerprint density at radius 3 is 2.84 bits per heavy atom. The van der Waals surface area contributed by atoms with Gasteiger partial charge in [0.1, 0.15) is 11.4 Å². The summed E-state index contributed by atoms with van der Waals surface area (Å²) in [5.74, 6) is 3.75. The lowest BCUT2D eigenvalue weighted by molar-refractivity contribution is -0.130. The van der Waals surface area contributed by atoms with Crippen LogP contribution in [0.2, 0.25) is 0 Å². The highest BCUT2D eigenvalue weighted by Gasteiger charge is 2.35. The van der Waals surface area contributed by atoms with E-state index < -0.39 is 5.97 Å². The van der Waals surface area contributed by atoms with Crippen LogP contribution in [-0.2, 0) is 4.79 Å². The van der Waals surface area contributed by atoms with Crippen molar-refractivity contribution in [3.05, 3.63) is 28.9 Å². The lowest BCUT2D eigenvalue weighted by Crippen LogP contribution is -2.57. The fraction of sp³-hybridized carbons (Fsp3) is 0.389. The van der Waals surface area contributed by atoms with Crippen LogP contribution in [-0.4, -0.2) is 52.5 Å². The molecule has 25 heavy (non-hydrogen) atoms. The molecule has 3 fully saturated rings. The Hall–Kier alpha value is -2.43. The number of piperidine rings is 3. The Kier molecular flexibility index (Phi) is 4.15. The van der Waals surface area contributed by atoms with Crippen molar-refractivity contribution in [2.24, 2.45) is 5.92 Å². The Labute approximate surface area is 148 Å². The third-order valence-corrected chi connectivity index (χ3v) is 5.87. The summed E-state index contributed by atoms with van der Waals surface area (Å²) >= 11 is 1.44. The number of aromatic nitrogens is 1. The first kappa shape index (κ1) is 16.1. The van der Waals surface area contributed by atoms with Crippen LogP contribution in [0.3, 0.4) is 0 Å². The number of nitrogens with one attached hydrogen (secondary N) is 1. The van der Waals surface area contributed by atoms with Gasteiger partial charge in [0.25, 0.3) is 5.91 Å². The first-order valence-corrected chi connectivity index (χ1v) is 9.14. The molecule has 3 aliphatic rings. The summed E-state index contributed by atoms with van der Waals surface area (Å²) in [7, 11) is 0. The molecular weight excluding hydrogens is 338 g/mol. The number of fused-ring (bicyclic) bond motifs is 4. The van der Waals surface area contributed by atoms with Gasteiger partial charge >= 0.3 is 5.97 Å². The average molecular weight is 355 g/mol. The van der Waals surface area contributed by atoms with Crippen LogP contribution >= 0.6 is 11.3 Å². The van der Waals surface area contributed by atoms with E-state index in [9.17, 15) is 9.59 Å². The van der Waals surface area contributed by atoms with Crippen molar-refractivity contribution in [2.45, 2.75) is 18.9 Å². The maximum Gasteiger partial charge on any atom is 0.382 e. The zero-order chi connectivity index (χ0) is 17.4. The molecule has 0 aliphatic carbocycles. The van der Waals surface area contributed by atoms with Gasteiger partial charge in [0.05, 0.1) is 4.70 Å². The lowest BCUT2D eigenvalue weighted by atomic mass is 9.84. The summed E-state index contributed by atoms with van der Waals surface area (Å²) in [6, 6.07) is 3.79. The number of rotatable bonds is 2. The van der Waals surface area contributed by atoms with Gasteiger partial charge in [0.15, 0.2) is 0 Å². The lowest BCUT2D eigenvalue weighted by Gasteiger charge is -2.44. The second-order valence-electron chi connectivity index (χ2n) is 6.47. The van der Waals surface area contributed by atoms with E-state index in [4.69, 9.17) is 5.11 Å². The molecule has 3 aliphatic heterocycles. The third kappa shape index (κ3) is 3.23. The SMILES string of the molecule is O=C(O)C#Cc1nc(C(=O)N[C@H]2CN3CCC2CC3)cc2ccsc12. The number of carboxylic acids is 1. The minimum absolute atomic E-state index is 0.156. The molecule has 5 heterocycles. The van der Waals surface area contributed by atoms with E-state index in [0.717, 1.165) is 42.6 Å². The molecule has 0 saturated carbocycles. The second-order valence-corrected chi connectivity index (χ2v) is 7.38. The normalized spacial score (nSPS) is 24.6. The largest absolute Gasteiger partial charge is 0.472 e. The van der Waals surface area contributed by atoms with Crippen molar-refractivity contribution < 1.29 is 14.7 Å². The molecule has 7 heteroatoms. The number of thiophene rings is 1. The standard InChI is InChI=1S/C18H17N3O3S/c22-16(23)2-1-13-17-12(5-8-25-17)9-14(19-13)18(24)20-15-10-21-6-3-11(15)4-7-21/h5,8-9,11,15H,3-4,6-7,10H2,(H,20,24)(H,22,23)/t15-/m0/s1. The summed E-state index contributed by atoms with van der Waals surface area (Å²) in [5, 5.41) is 14.6. The molecule has 5 rings (SSSR count). The first-order valence-electron chi connectivity index (χ1n) is 8.26. The minimum atomic E-state index is -1.21. The van der Waals surface area contributed by atoms with E-state index >= 15 is 0 Å². The molecule has 1 atom stereocenters. The van der Waals surface area contributed by atoms with Crippen LogP contribution in [0.5, 0.6) is 0 Å². The Morgan fingerprint density at radius 1 is 1.36 bits per heavy atom. The zero-order valence-corrected chi connectivity index (χ0v) is 14.3. The Balaban J connectivity index is 1.61. The van der Waals surface area contributed by atoms with Crippen LogP contribution in [0.1, 0.15) is 29.0 Å². The third-order valence-electron chi connectivity index (χ3n) is 4.93. The number of carbonyl (C=O) groups is 2. The molecule has 6 nitrogen and oxygen atoms in total. The average Bonchev–Trinajstić information content (AvgIpc) is 3.09. The molecule has 3 saturated heterocycles. The number of carbonyl (C=O) groups excluding carboxylic acids is 1. The molecule has 128 valence electrons. The number of aliphatic carboxylic acids is 1. The molecule has 1 amide bonds. The Bertz CT molecular complexity index is 903. The molecule has 2 N–H and O–H groups in total. The van der Waals surface area contributed by atoms with Gasteiger partial charge in [-0.1, -0.05) is 0 Å².